The molecule has 0 saturated heterocycles. The molecule has 1 heterocycles. The summed E-state index contributed by atoms with van der Waals surface area (Å²) in [7, 11) is 0. The molecule has 0 radical (unpaired) electrons. The van der Waals surface area contributed by atoms with E-state index in [-0.39, 0.29) is 24.8 Å². The monoisotopic (exact) mass is 196 g/mol. The minimum Gasteiger partial charge on any atom is -0.465 e. The number of hydrogen-bond donors (Lipinski definition) is 0. The Balaban J connectivity index is 2.42. The second-order valence-electron chi connectivity index (χ2n) is 2.79. The molecule has 4 heteroatoms. The van der Waals surface area contributed by atoms with Crippen molar-refractivity contribution in [3.63, 3.8) is 0 Å². The largest absolute Gasteiger partial charge is 0.465 e. The molecule has 0 aromatic carbocycles. The predicted molar refractivity (Wildman–Crippen MR) is 48.2 cm³/mol. The van der Waals surface area contributed by atoms with Crippen LogP contribution in [0.3, 0.4) is 0 Å². The van der Waals surface area contributed by atoms with Gasteiger partial charge in [-0.3, -0.25) is 9.59 Å². The van der Waals surface area contributed by atoms with E-state index < -0.39 is 0 Å². The lowest BCUT2D eigenvalue weighted by Gasteiger charge is -2.04. The van der Waals surface area contributed by atoms with E-state index in [1.54, 1.807) is 0 Å². The quantitative estimate of drug-likeness (QED) is 0.421. The maximum absolute atomic E-state index is 11.0. The summed E-state index contributed by atoms with van der Waals surface area (Å²) in [5.74, 6) is 4.90. The Morgan fingerprint density at radius 3 is 1.71 bits per heavy atom. The number of esters is 2. The Kier molecular flexibility index (Phi) is 4.56. The highest BCUT2D eigenvalue weighted by atomic mass is 16.5. The summed E-state index contributed by atoms with van der Waals surface area (Å²) in [5.41, 5.74) is 0. The zero-order chi connectivity index (χ0) is 10.2. The third-order valence-corrected chi connectivity index (χ3v) is 1.64. The molecule has 0 N–H and O–H groups in total. The predicted octanol–water partition coefficient (Wildman–Crippen LogP) is 0.650. The minimum absolute atomic E-state index is 0.0895. The van der Waals surface area contributed by atoms with Crippen LogP contribution in [-0.4, -0.2) is 25.2 Å². The molecule has 0 aromatic heterocycles. The number of cyclic esters (lactones) is 2. The summed E-state index contributed by atoms with van der Waals surface area (Å²) in [4.78, 5) is 21.9. The van der Waals surface area contributed by atoms with Crippen LogP contribution in [0.15, 0.2) is 0 Å². The molecule has 0 fully saturated rings. The summed E-state index contributed by atoms with van der Waals surface area (Å²) >= 11 is 0. The van der Waals surface area contributed by atoms with Gasteiger partial charge >= 0.3 is 11.9 Å². The van der Waals surface area contributed by atoms with Gasteiger partial charge in [-0.1, -0.05) is 11.8 Å². The van der Waals surface area contributed by atoms with Crippen molar-refractivity contribution in [2.45, 2.75) is 25.7 Å². The van der Waals surface area contributed by atoms with Crippen molar-refractivity contribution in [1.82, 2.24) is 0 Å². The number of ether oxygens (including phenoxy) is 2. The van der Waals surface area contributed by atoms with Crippen LogP contribution >= 0.6 is 0 Å². The molecule has 1 aliphatic rings. The Morgan fingerprint density at radius 1 is 0.857 bits per heavy atom. The van der Waals surface area contributed by atoms with E-state index >= 15 is 0 Å². The van der Waals surface area contributed by atoms with Crippen molar-refractivity contribution >= 4 is 11.9 Å². The first-order valence-electron chi connectivity index (χ1n) is 4.56. The third-order valence-electron chi connectivity index (χ3n) is 1.64. The highest BCUT2D eigenvalue weighted by molar-refractivity contribution is 5.77. The highest BCUT2D eigenvalue weighted by Gasteiger charge is 2.08. The second kappa shape index (κ2) is 6.03. The average Bonchev–Trinajstić information content (AvgIpc) is 2.17. The van der Waals surface area contributed by atoms with E-state index in [2.05, 4.69) is 11.8 Å². The van der Waals surface area contributed by atoms with Gasteiger partial charge in [0, 0.05) is 12.8 Å². The molecule has 1 aliphatic heterocycles. The summed E-state index contributed by atoms with van der Waals surface area (Å²) in [6, 6.07) is 0. The first kappa shape index (κ1) is 10.6. The molecule has 0 spiro atoms. The van der Waals surface area contributed by atoms with Crippen molar-refractivity contribution in [3.8, 4) is 11.8 Å². The minimum atomic E-state index is -0.371. The molecule has 0 bridgehead atoms. The highest BCUT2D eigenvalue weighted by Crippen LogP contribution is 1.98. The van der Waals surface area contributed by atoms with Crippen LogP contribution in [0, 0.1) is 11.8 Å². The van der Waals surface area contributed by atoms with Gasteiger partial charge in [-0.2, -0.15) is 0 Å². The normalized spacial score (nSPS) is 19.1. The average molecular weight is 196 g/mol. The van der Waals surface area contributed by atoms with Crippen molar-refractivity contribution < 1.29 is 19.1 Å². The number of rotatable bonds is 0. The Hall–Kier alpha value is -1.50. The van der Waals surface area contributed by atoms with Gasteiger partial charge in [-0.25, -0.2) is 0 Å². The van der Waals surface area contributed by atoms with Crippen LogP contribution in [0.1, 0.15) is 25.7 Å². The van der Waals surface area contributed by atoms with Gasteiger partial charge in [0.1, 0.15) is 13.2 Å². The molecule has 0 saturated carbocycles. The maximum atomic E-state index is 11.0. The Labute approximate surface area is 82.6 Å². The van der Waals surface area contributed by atoms with E-state index in [1.165, 1.54) is 0 Å². The zero-order valence-electron chi connectivity index (χ0n) is 7.88. The van der Waals surface area contributed by atoms with Gasteiger partial charge in [0.2, 0.25) is 0 Å². The number of hydrogen-bond acceptors (Lipinski definition) is 4. The summed E-state index contributed by atoms with van der Waals surface area (Å²) in [6.45, 7) is 0.613. The van der Waals surface area contributed by atoms with E-state index in [1.807, 2.05) is 0 Å². The van der Waals surface area contributed by atoms with Gasteiger partial charge in [0.05, 0.1) is 12.8 Å². The van der Waals surface area contributed by atoms with Crippen molar-refractivity contribution in [2.24, 2.45) is 0 Å². The fourth-order valence-corrected chi connectivity index (χ4v) is 0.957. The second-order valence-corrected chi connectivity index (χ2v) is 2.79. The van der Waals surface area contributed by atoms with Crippen LogP contribution < -0.4 is 0 Å². The van der Waals surface area contributed by atoms with E-state index in [0.717, 1.165) is 0 Å². The maximum Gasteiger partial charge on any atom is 0.306 e. The molecule has 0 aromatic rings. The molecule has 1 rings (SSSR count). The van der Waals surface area contributed by atoms with Crippen molar-refractivity contribution in [1.29, 1.82) is 0 Å². The summed E-state index contributed by atoms with van der Waals surface area (Å²) < 4.78 is 9.63. The van der Waals surface area contributed by atoms with Crippen LogP contribution in [0.2, 0.25) is 0 Å². The number of carbonyl (C=O) groups excluding carboxylic acids is 2. The van der Waals surface area contributed by atoms with Crippen molar-refractivity contribution in [3.05, 3.63) is 0 Å². The molecule has 0 amide bonds. The molecule has 4 nitrogen and oxygen atoms in total. The molecular weight excluding hydrogens is 184 g/mol. The third kappa shape index (κ3) is 4.51. The first-order valence-corrected chi connectivity index (χ1v) is 4.56. The van der Waals surface area contributed by atoms with Gasteiger partial charge in [0.25, 0.3) is 0 Å². The molecular formula is C10H12O4. The molecule has 76 valence electrons. The van der Waals surface area contributed by atoms with Crippen LogP contribution in [0.25, 0.3) is 0 Å². The van der Waals surface area contributed by atoms with E-state index in [4.69, 9.17) is 9.47 Å². The van der Waals surface area contributed by atoms with Gasteiger partial charge in [-0.15, -0.1) is 0 Å². The lowest BCUT2D eigenvalue weighted by Crippen LogP contribution is -2.11. The van der Waals surface area contributed by atoms with Crippen LogP contribution in [0.4, 0.5) is 0 Å². The molecule has 14 heavy (non-hydrogen) atoms. The summed E-state index contributed by atoms with van der Waals surface area (Å²) in [5, 5.41) is 0. The Bertz CT molecular complexity index is 246. The fourth-order valence-electron chi connectivity index (χ4n) is 0.957. The first-order chi connectivity index (χ1) is 6.79. The van der Waals surface area contributed by atoms with Crippen LogP contribution in [0.5, 0.6) is 0 Å². The van der Waals surface area contributed by atoms with E-state index in [0.29, 0.717) is 26.1 Å². The molecule has 0 unspecified atom stereocenters. The molecule has 0 atom stereocenters. The smallest absolute Gasteiger partial charge is 0.306 e. The van der Waals surface area contributed by atoms with Crippen LogP contribution in [-0.2, 0) is 19.1 Å². The topological polar surface area (TPSA) is 52.6 Å². The van der Waals surface area contributed by atoms with Gasteiger partial charge in [0.15, 0.2) is 0 Å². The summed E-state index contributed by atoms with van der Waals surface area (Å²) in [6.07, 6.45) is 1.26. The Morgan fingerprint density at radius 2 is 1.29 bits per heavy atom. The lowest BCUT2D eigenvalue weighted by atomic mass is 10.3. The zero-order valence-corrected chi connectivity index (χ0v) is 7.88. The molecule has 0 aliphatic carbocycles. The van der Waals surface area contributed by atoms with E-state index in [9.17, 15) is 9.59 Å². The fraction of sp³-hybridized carbons (Fsp3) is 0.600. The standard InChI is InChI=1S/C10H12O4/c11-9-5-6-10(12)14-8-4-2-1-3-7-13-9/h3-8H2. The van der Waals surface area contributed by atoms with Gasteiger partial charge in [-0.05, 0) is 0 Å². The lowest BCUT2D eigenvalue weighted by molar-refractivity contribution is -0.150. The van der Waals surface area contributed by atoms with Gasteiger partial charge < -0.3 is 9.47 Å². The number of carbonyl (C=O) groups is 2. The van der Waals surface area contributed by atoms with Crippen molar-refractivity contribution in [2.75, 3.05) is 13.2 Å². The SMILES string of the molecule is O=C1CCC(=O)OCCC#CCCO1.